The van der Waals surface area contributed by atoms with Crippen molar-refractivity contribution in [2.24, 2.45) is 0 Å². The van der Waals surface area contributed by atoms with Gasteiger partial charge in [0.25, 0.3) is 0 Å². The smallest absolute Gasteiger partial charge is 0.444 e. The largest absolute Gasteiger partial charge is 0.573 e. The summed E-state index contributed by atoms with van der Waals surface area (Å²) in [6.45, 7) is 12.7. The van der Waals surface area contributed by atoms with Gasteiger partial charge in [0.15, 0.2) is 0 Å². The van der Waals surface area contributed by atoms with Crippen molar-refractivity contribution in [3.63, 3.8) is 0 Å². The Labute approximate surface area is 186 Å². The minimum absolute atomic E-state index is 0.00594. The number of nitrogens with two attached hydrogens (primary N) is 1. The Morgan fingerprint density at radius 1 is 1.16 bits per heavy atom. The molecular formula is C21H30BF3N2O5. The number of amides is 1. The fourth-order valence-electron chi connectivity index (χ4n) is 2.77. The summed E-state index contributed by atoms with van der Waals surface area (Å²) in [6.07, 6.45) is -3.86. The SMILES string of the molecule is CC(C)(C)OC(=O)NCC(=Cc1ccc(OC(F)(F)F)cc1N)B1OC(C)(C)C(C)(C)O1. The number of nitrogens with one attached hydrogen (secondary N) is 1. The predicted octanol–water partition coefficient (Wildman–Crippen LogP) is 4.71. The number of nitrogen functional groups attached to an aromatic ring is 1. The number of hydrogen-bond acceptors (Lipinski definition) is 6. The van der Waals surface area contributed by atoms with Gasteiger partial charge in [-0.3, -0.25) is 0 Å². The number of anilines is 1. The summed E-state index contributed by atoms with van der Waals surface area (Å²) in [5.74, 6) is -0.434. The van der Waals surface area contributed by atoms with Crippen LogP contribution in [-0.4, -0.2) is 42.9 Å². The first-order valence-electron chi connectivity index (χ1n) is 10.1. The van der Waals surface area contributed by atoms with Gasteiger partial charge in [0, 0.05) is 18.3 Å². The van der Waals surface area contributed by atoms with E-state index in [2.05, 4.69) is 10.1 Å². The molecule has 0 aliphatic carbocycles. The Hall–Kier alpha value is -2.40. The van der Waals surface area contributed by atoms with E-state index in [1.807, 2.05) is 27.7 Å². The van der Waals surface area contributed by atoms with Crippen LogP contribution in [0.1, 0.15) is 54.0 Å². The maximum Gasteiger partial charge on any atom is 0.573 e. The van der Waals surface area contributed by atoms with Crippen LogP contribution in [0.4, 0.5) is 23.7 Å². The highest BCUT2D eigenvalue weighted by atomic mass is 19.4. The lowest BCUT2D eigenvalue weighted by atomic mass is 9.77. The second kappa shape index (κ2) is 8.86. The highest BCUT2D eigenvalue weighted by molar-refractivity contribution is 6.56. The molecule has 178 valence electrons. The first-order valence-corrected chi connectivity index (χ1v) is 10.1. The fourth-order valence-corrected chi connectivity index (χ4v) is 2.77. The van der Waals surface area contributed by atoms with Crippen LogP contribution in [-0.2, 0) is 14.0 Å². The molecule has 32 heavy (non-hydrogen) atoms. The van der Waals surface area contributed by atoms with Gasteiger partial charge in [-0.15, -0.1) is 13.2 Å². The highest BCUT2D eigenvalue weighted by Gasteiger charge is 2.52. The number of hydrogen-bond donors (Lipinski definition) is 2. The summed E-state index contributed by atoms with van der Waals surface area (Å²) in [7, 11) is -0.819. The van der Waals surface area contributed by atoms with E-state index in [0.717, 1.165) is 12.1 Å². The number of rotatable bonds is 5. The van der Waals surface area contributed by atoms with Crippen molar-refractivity contribution in [1.82, 2.24) is 5.32 Å². The zero-order chi connectivity index (χ0) is 24.5. The van der Waals surface area contributed by atoms with Crippen LogP contribution in [0.3, 0.4) is 0 Å². The van der Waals surface area contributed by atoms with Crippen molar-refractivity contribution in [3.8, 4) is 5.75 Å². The molecule has 0 radical (unpaired) electrons. The number of ether oxygens (including phenoxy) is 2. The molecule has 0 saturated carbocycles. The summed E-state index contributed by atoms with van der Waals surface area (Å²) < 4.78 is 58.7. The summed E-state index contributed by atoms with van der Waals surface area (Å²) in [6, 6.07) is 3.61. The number of alkyl carbamates (subject to hydrolysis) is 1. The van der Waals surface area contributed by atoms with Gasteiger partial charge in [-0.05, 0) is 71.6 Å². The molecule has 3 N–H and O–H groups in total. The van der Waals surface area contributed by atoms with Gasteiger partial charge in [-0.2, -0.15) is 0 Å². The molecule has 0 bridgehead atoms. The molecule has 1 aromatic rings. The topological polar surface area (TPSA) is 92.0 Å². The molecule has 1 amide bonds. The average Bonchev–Trinajstić information content (AvgIpc) is 2.77. The molecule has 2 rings (SSSR count). The van der Waals surface area contributed by atoms with Gasteiger partial charge in [-0.1, -0.05) is 6.08 Å². The van der Waals surface area contributed by atoms with Crippen molar-refractivity contribution in [2.75, 3.05) is 12.3 Å². The first kappa shape index (κ1) is 25.9. The minimum Gasteiger partial charge on any atom is -0.444 e. The lowest BCUT2D eigenvalue weighted by Crippen LogP contribution is -2.41. The Morgan fingerprint density at radius 3 is 2.19 bits per heavy atom. The normalized spacial score (nSPS) is 18.4. The quantitative estimate of drug-likeness (QED) is 0.491. The lowest BCUT2D eigenvalue weighted by molar-refractivity contribution is -0.274. The average molecular weight is 458 g/mol. The summed E-state index contributed by atoms with van der Waals surface area (Å²) in [5.41, 5.74) is 4.95. The zero-order valence-electron chi connectivity index (χ0n) is 19.3. The zero-order valence-corrected chi connectivity index (χ0v) is 19.3. The molecule has 1 aromatic carbocycles. The third-order valence-corrected chi connectivity index (χ3v) is 5.02. The maximum atomic E-state index is 12.5. The molecule has 1 fully saturated rings. The minimum atomic E-state index is -4.82. The molecule has 0 spiro atoms. The van der Waals surface area contributed by atoms with Crippen LogP contribution in [0.15, 0.2) is 23.7 Å². The summed E-state index contributed by atoms with van der Waals surface area (Å²) >= 11 is 0. The van der Waals surface area contributed by atoms with Crippen molar-refractivity contribution >= 4 is 25.0 Å². The van der Waals surface area contributed by atoms with E-state index >= 15 is 0 Å². The Balaban J connectivity index is 2.32. The van der Waals surface area contributed by atoms with Crippen molar-refractivity contribution in [3.05, 3.63) is 29.2 Å². The Kier molecular flexibility index (Phi) is 7.16. The van der Waals surface area contributed by atoms with E-state index in [-0.39, 0.29) is 12.2 Å². The predicted molar refractivity (Wildman–Crippen MR) is 116 cm³/mol. The number of carbonyl (C=O) groups excluding carboxylic acids is 1. The van der Waals surface area contributed by atoms with Gasteiger partial charge >= 0.3 is 19.6 Å². The third-order valence-electron chi connectivity index (χ3n) is 5.02. The summed E-state index contributed by atoms with van der Waals surface area (Å²) in [5, 5.41) is 2.65. The van der Waals surface area contributed by atoms with Crippen molar-refractivity contribution < 1.29 is 36.7 Å². The maximum absolute atomic E-state index is 12.5. The van der Waals surface area contributed by atoms with Crippen LogP contribution >= 0.6 is 0 Å². The van der Waals surface area contributed by atoms with Gasteiger partial charge < -0.3 is 29.8 Å². The number of benzene rings is 1. The number of alkyl halides is 3. The van der Waals surface area contributed by atoms with E-state index in [0.29, 0.717) is 11.0 Å². The highest BCUT2D eigenvalue weighted by Crippen LogP contribution is 2.39. The Bertz CT molecular complexity index is 863. The monoisotopic (exact) mass is 458 g/mol. The standard InChI is InChI=1S/C21H30BF3N2O5/c1-18(2,3)30-17(28)27-12-14(22-31-19(4,5)20(6,7)32-22)10-13-8-9-15(11-16(13)26)29-21(23,24)25/h8-11H,12,26H2,1-7H3,(H,27,28). The van der Waals surface area contributed by atoms with Gasteiger partial charge in [-0.25, -0.2) is 4.79 Å². The fraction of sp³-hybridized carbons (Fsp3) is 0.571. The molecule has 1 heterocycles. The molecule has 1 aliphatic heterocycles. The lowest BCUT2D eigenvalue weighted by Gasteiger charge is -2.32. The number of carbonyl (C=O) groups is 1. The molecule has 1 aliphatic rings. The molecule has 0 aromatic heterocycles. The van der Waals surface area contributed by atoms with Gasteiger partial charge in [0.1, 0.15) is 11.4 Å². The van der Waals surface area contributed by atoms with Crippen molar-refractivity contribution in [2.45, 2.75) is 71.6 Å². The van der Waals surface area contributed by atoms with E-state index in [1.165, 1.54) is 6.07 Å². The Morgan fingerprint density at radius 2 is 1.72 bits per heavy atom. The number of halogens is 3. The van der Waals surface area contributed by atoms with E-state index in [1.54, 1.807) is 26.8 Å². The van der Waals surface area contributed by atoms with E-state index in [4.69, 9.17) is 19.8 Å². The van der Waals surface area contributed by atoms with Crippen LogP contribution in [0.5, 0.6) is 5.75 Å². The van der Waals surface area contributed by atoms with Crippen molar-refractivity contribution in [1.29, 1.82) is 0 Å². The van der Waals surface area contributed by atoms with Gasteiger partial charge in [0.05, 0.1) is 11.2 Å². The summed E-state index contributed by atoms with van der Waals surface area (Å²) in [4.78, 5) is 12.1. The molecule has 1 saturated heterocycles. The molecule has 0 atom stereocenters. The first-order chi connectivity index (χ1) is 14.4. The van der Waals surface area contributed by atoms with E-state index < -0.39 is 42.1 Å². The molecule has 11 heteroatoms. The molecule has 7 nitrogen and oxygen atoms in total. The third kappa shape index (κ3) is 7.06. The molecule has 0 unspecified atom stereocenters. The van der Waals surface area contributed by atoms with Gasteiger partial charge in [0.2, 0.25) is 0 Å². The second-order valence-corrected chi connectivity index (χ2v) is 9.50. The van der Waals surface area contributed by atoms with Crippen LogP contribution < -0.4 is 15.8 Å². The van der Waals surface area contributed by atoms with E-state index in [9.17, 15) is 18.0 Å². The second-order valence-electron chi connectivity index (χ2n) is 9.50. The van der Waals surface area contributed by atoms with Crippen LogP contribution in [0, 0.1) is 0 Å². The van der Waals surface area contributed by atoms with Crippen LogP contribution in [0.25, 0.3) is 6.08 Å². The van der Waals surface area contributed by atoms with Crippen LogP contribution in [0.2, 0.25) is 0 Å². The molecular weight excluding hydrogens is 428 g/mol.